The maximum atomic E-state index is 13.0. The van der Waals surface area contributed by atoms with Crippen molar-refractivity contribution in [2.24, 2.45) is 0 Å². The summed E-state index contributed by atoms with van der Waals surface area (Å²) in [4.78, 5) is 47.1. The van der Waals surface area contributed by atoms with Gasteiger partial charge in [-0.15, -0.1) is 0 Å². The highest BCUT2D eigenvalue weighted by molar-refractivity contribution is 6.31. The number of halogens is 1. The monoisotopic (exact) mass is 469 g/mol. The van der Waals surface area contributed by atoms with Gasteiger partial charge in [-0.25, -0.2) is 4.79 Å². The largest absolute Gasteiger partial charge is 0.443 e. The SMILES string of the molecule is Cc1ccc(NC(=O)C(OC(=O)c2ccc(Cl)cc2[N+](=O)[O-])c2ccccc2)c([N+](=O)[O-])c1. The Labute approximate surface area is 192 Å². The summed E-state index contributed by atoms with van der Waals surface area (Å²) in [6.07, 6.45) is -1.55. The zero-order valence-electron chi connectivity index (χ0n) is 17.1. The molecule has 10 nitrogen and oxygen atoms in total. The molecule has 0 aliphatic heterocycles. The Hall–Kier alpha value is -4.31. The number of nitro benzene ring substituents is 2. The Morgan fingerprint density at radius 2 is 1.61 bits per heavy atom. The lowest BCUT2D eigenvalue weighted by Gasteiger charge is -2.18. The van der Waals surface area contributed by atoms with Gasteiger partial charge in [0.1, 0.15) is 11.3 Å². The van der Waals surface area contributed by atoms with Gasteiger partial charge in [0, 0.05) is 22.7 Å². The Balaban J connectivity index is 1.96. The number of hydrogen-bond donors (Lipinski definition) is 1. The molecule has 11 heteroatoms. The van der Waals surface area contributed by atoms with E-state index < -0.39 is 39.1 Å². The maximum Gasteiger partial charge on any atom is 0.346 e. The van der Waals surface area contributed by atoms with Crippen LogP contribution in [0.2, 0.25) is 5.02 Å². The molecule has 0 aliphatic carbocycles. The summed E-state index contributed by atoms with van der Waals surface area (Å²) in [5, 5.41) is 25.2. The minimum atomic E-state index is -1.55. The summed E-state index contributed by atoms with van der Waals surface area (Å²) >= 11 is 5.78. The van der Waals surface area contributed by atoms with Gasteiger partial charge in [-0.1, -0.05) is 48.0 Å². The third kappa shape index (κ3) is 5.49. The fourth-order valence-electron chi connectivity index (χ4n) is 3.00. The first-order chi connectivity index (χ1) is 15.7. The van der Waals surface area contributed by atoms with Crippen molar-refractivity contribution >= 4 is 40.5 Å². The number of nitrogens with zero attached hydrogens (tertiary/aromatic N) is 2. The average Bonchev–Trinajstić information content (AvgIpc) is 2.78. The van der Waals surface area contributed by atoms with Crippen molar-refractivity contribution in [2.45, 2.75) is 13.0 Å². The third-order valence-corrected chi connectivity index (χ3v) is 4.78. The molecule has 1 N–H and O–H groups in total. The van der Waals surface area contributed by atoms with Crippen molar-refractivity contribution in [1.29, 1.82) is 0 Å². The summed E-state index contributed by atoms with van der Waals surface area (Å²) in [7, 11) is 0. The Morgan fingerprint density at radius 1 is 0.939 bits per heavy atom. The predicted molar refractivity (Wildman–Crippen MR) is 119 cm³/mol. The molecule has 0 fully saturated rings. The molecule has 1 amide bonds. The number of anilines is 1. The van der Waals surface area contributed by atoms with Crippen LogP contribution in [0.25, 0.3) is 0 Å². The van der Waals surface area contributed by atoms with E-state index in [1.807, 2.05) is 0 Å². The molecular formula is C22H16ClN3O7. The lowest BCUT2D eigenvalue weighted by molar-refractivity contribution is -0.385. The predicted octanol–water partition coefficient (Wildman–Crippen LogP) is 5.00. The van der Waals surface area contributed by atoms with E-state index in [2.05, 4.69) is 5.32 Å². The smallest absolute Gasteiger partial charge is 0.346 e. The number of carbonyl (C=O) groups excluding carboxylic acids is 2. The average molecular weight is 470 g/mol. The van der Waals surface area contributed by atoms with Gasteiger partial charge in [-0.05, 0) is 30.7 Å². The van der Waals surface area contributed by atoms with E-state index in [9.17, 15) is 29.8 Å². The topological polar surface area (TPSA) is 142 Å². The van der Waals surface area contributed by atoms with Crippen LogP contribution >= 0.6 is 11.6 Å². The van der Waals surface area contributed by atoms with E-state index in [0.29, 0.717) is 5.56 Å². The van der Waals surface area contributed by atoms with E-state index >= 15 is 0 Å². The van der Waals surface area contributed by atoms with Gasteiger partial charge in [-0.2, -0.15) is 0 Å². The van der Waals surface area contributed by atoms with E-state index in [1.54, 1.807) is 31.2 Å². The van der Waals surface area contributed by atoms with Gasteiger partial charge < -0.3 is 10.1 Å². The van der Waals surface area contributed by atoms with Crippen LogP contribution in [0.5, 0.6) is 0 Å². The number of aryl methyl sites for hydroxylation is 1. The molecule has 168 valence electrons. The molecule has 0 saturated heterocycles. The van der Waals surface area contributed by atoms with E-state index in [0.717, 1.165) is 12.1 Å². The van der Waals surface area contributed by atoms with Gasteiger partial charge in [-0.3, -0.25) is 25.0 Å². The first-order valence-electron chi connectivity index (χ1n) is 9.43. The van der Waals surface area contributed by atoms with Crippen LogP contribution < -0.4 is 5.32 Å². The molecular weight excluding hydrogens is 454 g/mol. The molecule has 1 unspecified atom stereocenters. The Kier molecular flexibility index (Phi) is 6.99. The first kappa shape index (κ1) is 23.4. The number of nitro groups is 2. The number of carbonyl (C=O) groups is 2. The number of ether oxygens (including phenoxy) is 1. The number of benzene rings is 3. The van der Waals surface area contributed by atoms with Crippen molar-refractivity contribution in [2.75, 3.05) is 5.32 Å². The summed E-state index contributed by atoms with van der Waals surface area (Å²) in [6, 6.07) is 15.5. The molecule has 0 radical (unpaired) electrons. The fourth-order valence-corrected chi connectivity index (χ4v) is 3.16. The zero-order valence-corrected chi connectivity index (χ0v) is 17.8. The Bertz CT molecular complexity index is 1250. The second kappa shape index (κ2) is 9.88. The van der Waals surface area contributed by atoms with Crippen LogP contribution in [-0.2, 0) is 9.53 Å². The van der Waals surface area contributed by atoms with Crippen LogP contribution in [0.15, 0.2) is 66.7 Å². The molecule has 0 saturated carbocycles. The normalized spacial score (nSPS) is 11.3. The minimum Gasteiger partial charge on any atom is -0.443 e. The zero-order chi connectivity index (χ0) is 24.1. The first-order valence-corrected chi connectivity index (χ1v) is 9.81. The van der Waals surface area contributed by atoms with Crippen molar-refractivity contribution in [3.05, 3.63) is 109 Å². The third-order valence-electron chi connectivity index (χ3n) is 4.55. The lowest BCUT2D eigenvalue weighted by Crippen LogP contribution is -2.26. The standard InChI is InChI=1S/C22H16ClN3O7/c1-13-7-10-17(19(11-13)26(31)32)24-21(27)20(14-5-3-2-4-6-14)33-22(28)16-9-8-15(23)12-18(16)25(29)30/h2-12,20H,1H3,(H,24,27). The molecule has 33 heavy (non-hydrogen) atoms. The van der Waals surface area contributed by atoms with Crippen molar-refractivity contribution in [3.8, 4) is 0 Å². The highest BCUT2D eigenvalue weighted by Crippen LogP contribution is 2.30. The highest BCUT2D eigenvalue weighted by Gasteiger charge is 2.30. The van der Waals surface area contributed by atoms with Crippen LogP contribution in [0.3, 0.4) is 0 Å². The fraction of sp³-hybridized carbons (Fsp3) is 0.0909. The van der Waals surface area contributed by atoms with Crippen molar-refractivity contribution < 1.29 is 24.2 Å². The molecule has 1 atom stereocenters. The molecule has 0 heterocycles. The number of nitrogens with one attached hydrogen (secondary N) is 1. The van der Waals surface area contributed by atoms with Gasteiger partial charge in [0.05, 0.1) is 9.85 Å². The molecule has 3 aromatic rings. The van der Waals surface area contributed by atoms with Crippen molar-refractivity contribution in [1.82, 2.24) is 0 Å². The van der Waals surface area contributed by atoms with Gasteiger partial charge in [0.15, 0.2) is 0 Å². The molecule has 0 spiro atoms. The number of esters is 1. The molecule has 0 aromatic heterocycles. The molecule has 0 bridgehead atoms. The minimum absolute atomic E-state index is 0.0438. The van der Waals surface area contributed by atoms with Crippen LogP contribution in [0.4, 0.5) is 17.1 Å². The molecule has 3 aromatic carbocycles. The summed E-state index contributed by atoms with van der Waals surface area (Å²) < 4.78 is 5.34. The summed E-state index contributed by atoms with van der Waals surface area (Å²) in [5.74, 6) is -2.01. The van der Waals surface area contributed by atoms with Gasteiger partial charge in [0.2, 0.25) is 6.10 Å². The number of rotatable bonds is 7. The second-order valence-corrected chi connectivity index (χ2v) is 7.32. The summed E-state index contributed by atoms with van der Waals surface area (Å²) in [5.41, 5.74) is -0.552. The van der Waals surface area contributed by atoms with Gasteiger partial charge in [0.25, 0.3) is 17.3 Å². The lowest BCUT2D eigenvalue weighted by atomic mass is 10.1. The van der Waals surface area contributed by atoms with Crippen LogP contribution in [0, 0.1) is 27.2 Å². The van der Waals surface area contributed by atoms with Crippen molar-refractivity contribution in [3.63, 3.8) is 0 Å². The summed E-state index contributed by atoms with van der Waals surface area (Å²) in [6.45, 7) is 1.66. The second-order valence-electron chi connectivity index (χ2n) is 6.88. The van der Waals surface area contributed by atoms with Crippen LogP contribution in [0.1, 0.15) is 27.6 Å². The quantitative estimate of drug-likeness (QED) is 0.291. The maximum absolute atomic E-state index is 13.0. The van der Waals surface area contributed by atoms with Gasteiger partial charge >= 0.3 is 5.97 Å². The van der Waals surface area contributed by atoms with E-state index in [4.69, 9.17) is 16.3 Å². The highest BCUT2D eigenvalue weighted by atomic mass is 35.5. The van der Waals surface area contributed by atoms with Crippen LogP contribution in [-0.4, -0.2) is 21.7 Å². The number of hydrogen-bond acceptors (Lipinski definition) is 7. The Morgan fingerprint density at radius 3 is 2.24 bits per heavy atom. The molecule has 0 aliphatic rings. The van der Waals surface area contributed by atoms with E-state index in [-0.39, 0.29) is 22.0 Å². The molecule has 3 rings (SSSR count). The number of amides is 1. The van der Waals surface area contributed by atoms with E-state index in [1.165, 1.54) is 30.3 Å².